The summed E-state index contributed by atoms with van der Waals surface area (Å²) in [5.41, 5.74) is 3.80. The molecule has 2 aromatic carbocycles. The average molecular weight is 424 g/mol. The molecular weight excluding hydrogens is 405 g/mol. The first-order chi connectivity index (χ1) is 14.0. The molecule has 3 N–H and O–H groups in total. The maximum absolute atomic E-state index is 12.8. The quantitative estimate of drug-likeness (QED) is 0.464. The fourth-order valence-corrected chi connectivity index (χ4v) is 2.63. The highest BCUT2D eigenvalue weighted by molar-refractivity contribution is 5.80. The van der Waals surface area contributed by atoms with Crippen molar-refractivity contribution in [1.29, 1.82) is 0 Å². The number of nitrogens with zero attached hydrogens (tertiary/aromatic N) is 1. The minimum Gasteiger partial charge on any atom is -0.349 e. The van der Waals surface area contributed by atoms with E-state index in [0.717, 1.165) is 11.6 Å². The number of alkyl halides is 3. The molecule has 1 atom stereocenters. The Bertz CT molecular complexity index is 946. The summed E-state index contributed by atoms with van der Waals surface area (Å²) in [6.45, 7) is 3.17. The third kappa shape index (κ3) is 6.19. The molecule has 0 heterocycles. The number of carbonyl (C=O) groups excluding carboxylic acids is 2. The molecule has 0 saturated heterocycles. The number of hydrazine groups is 1. The number of aryl methyl sites for hydroxylation is 1. The van der Waals surface area contributed by atoms with Crippen LogP contribution in [0.1, 0.15) is 36.1 Å². The fourth-order valence-electron chi connectivity index (χ4n) is 2.63. The Labute approximate surface area is 169 Å². The monoisotopic (exact) mass is 424 g/mol. The van der Waals surface area contributed by atoms with E-state index in [0.29, 0.717) is 17.7 Å². The number of rotatable bonds is 7. The molecule has 8 nitrogen and oxygen atoms in total. The first kappa shape index (κ1) is 22.7. The number of halogens is 3. The van der Waals surface area contributed by atoms with E-state index in [9.17, 15) is 32.9 Å². The van der Waals surface area contributed by atoms with Crippen molar-refractivity contribution in [3.63, 3.8) is 0 Å². The predicted molar refractivity (Wildman–Crippen MR) is 102 cm³/mol. The van der Waals surface area contributed by atoms with E-state index in [1.165, 1.54) is 6.92 Å². The highest BCUT2D eigenvalue weighted by atomic mass is 19.4. The standard InChI is InChI=1S/C19H19F3N4O4/c1-11-3-5-13(6-4-11)16(23-12(2)27)10-18(28)25-24-15-8-7-14(19(20,21)22)9-17(15)26(29)30/h3-9,16,24H,10H2,1-2H3,(H,23,27)(H,25,28). The van der Waals surface area contributed by atoms with Gasteiger partial charge in [0.05, 0.1) is 22.9 Å². The van der Waals surface area contributed by atoms with Crippen LogP contribution in [0.4, 0.5) is 24.5 Å². The van der Waals surface area contributed by atoms with Gasteiger partial charge in [-0.2, -0.15) is 13.2 Å². The molecule has 1 unspecified atom stereocenters. The summed E-state index contributed by atoms with van der Waals surface area (Å²) in [5.74, 6) is -0.997. The summed E-state index contributed by atoms with van der Waals surface area (Å²) in [4.78, 5) is 33.8. The van der Waals surface area contributed by atoms with Crippen LogP contribution in [0.5, 0.6) is 0 Å². The third-order valence-electron chi connectivity index (χ3n) is 4.11. The van der Waals surface area contributed by atoms with E-state index in [4.69, 9.17) is 0 Å². The number of hydrogen-bond acceptors (Lipinski definition) is 5. The summed E-state index contributed by atoms with van der Waals surface area (Å²) < 4.78 is 38.3. The average Bonchev–Trinajstić information content (AvgIpc) is 2.65. The van der Waals surface area contributed by atoms with Gasteiger partial charge in [0.15, 0.2) is 0 Å². The van der Waals surface area contributed by atoms with Gasteiger partial charge < -0.3 is 5.32 Å². The van der Waals surface area contributed by atoms with Crippen LogP contribution < -0.4 is 16.2 Å². The number of nitrogens with one attached hydrogen (secondary N) is 3. The molecule has 2 aromatic rings. The number of carbonyl (C=O) groups is 2. The van der Waals surface area contributed by atoms with Gasteiger partial charge in [0.2, 0.25) is 11.8 Å². The topological polar surface area (TPSA) is 113 Å². The molecule has 0 saturated carbocycles. The SMILES string of the molecule is CC(=O)NC(CC(=O)NNc1ccc(C(F)(F)F)cc1[N+](=O)[O-])c1ccc(C)cc1. The second kappa shape index (κ2) is 9.25. The number of benzene rings is 2. The van der Waals surface area contributed by atoms with Crippen LogP contribution in [0.2, 0.25) is 0 Å². The van der Waals surface area contributed by atoms with Gasteiger partial charge in [-0.3, -0.25) is 30.6 Å². The molecule has 11 heteroatoms. The molecule has 0 aliphatic heterocycles. The minimum atomic E-state index is -4.74. The van der Waals surface area contributed by atoms with Crippen LogP contribution in [0.15, 0.2) is 42.5 Å². The fraction of sp³-hybridized carbons (Fsp3) is 0.263. The van der Waals surface area contributed by atoms with Crippen LogP contribution in [-0.2, 0) is 15.8 Å². The summed E-state index contributed by atoms with van der Waals surface area (Å²) in [6.07, 6.45) is -4.95. The third-order valence-corrected chi connectivity index (χ3v) is 4.11. The van der Waals surface area contributed by atoms with Gasteiger partial charge in [-0.05, 0) is 24.6 Å². The van der Waals surface area contributed by atoms with Crippen molar-refractivity contribution in [3.8, 4) is 0 Å². The van der Waals surface area contributed by atoms with Gasteiger partial charge in [0, 0.05) is 13.0 Å². The normalized spacial score (nSPS) is 12.0. The zero-order chi connectivity index (χ0) is 22.5. The van der Waals surface area contributed by atoms with Gasteiger partial charge in [-0.1, -0.05) is 29.8 Å². The van der Waals surface area contributed by atoms with Crippen LogP contribution >= 0.6 is 0 Å². The molecule has 0 aliphatic rings. The van der Waals surface area contributed by atoms with Crippen molar-refractivity contribution in [3.05, 3.63) is 69.3 Å². The van der Waals surface area contributed by atoms with Crippen molar-refractivity contribution in [2.24, 2.45) is 0 Å². The van der Waals surface area contributed by atoms with E-state index < -0.39 is 34.3 Å². The van der Waals surface area contributed by atoms with Gasteiger partial charge >= 0.3 is 6.18 Å². The number of anilines is 1. The summed E-state index contributed by atoms with van der Waals surface area (Å²) >= 11 is 0. The number of nitro benzene ring substituents is 1. The molecule has 2 amide bonds. The zero-order valence-corrected chi connectivity index (χ0v) is 16.0. The van der Waals surface area contributed by atoms with Crippen LogP contribution in [0, 0.1) is 17.0 Å². The maximum Gasteiger partial charge on any atom is 0.416 e. The lowest BCUT2D eigenvalue weighted by Gasteiger charge is -2.19. The predicted octanol–water partition coefficient (Wildman–Crippen LogP) is 3.63. The molecule has 0 radical (unpaired) electrons. The second-order valence-electron chi connectivity index (χ2n) is 6.53. The Morgan fingerprint density at radius 2 is 1.77 bits per heavy atom. The first-order valence-corrected chi connectivity index (χ1v) is 8.71. The molecule has 0 aromatic heterocycles. The van der Waals surface area contributed by atoms with E-state index in [1.807, 2.05) is 19.1 Å². The maximum atomic E-state index is 12.8. The molecule has 0 spiro atoms. The molecule has 30 heavy (non-hydrogen) atoms. The van der Waals surface area contributed by atoms with Crippen molar-refractivity contribution in [1.82, 2.24) is 10.7 Å². The van der Waals surface area contributed by atoms with Gasteiger partial charge in [0.25, 0.3) is 5.69 Å². The van der Waals surface area contributed by atoms with Crippen molar-refractivity contribution in [2.45, 2.75) is 32.5 Å². The van der Waals surface area contributed by atoms with Gasteiger partial charge in [-0.25, -0.2) is 0 Å². The van der Waals surface area contributed by atoms with E-state index >= 15 is 0 Å². The first-order valence-electron chi connectivity index (χ1n) is 8.71. The smallest absolute Gasteiger partial charge is 0.349 e. The molecule has 0 aliphatic carbocycles. The lowest BCUT2D eigenvalue weighted by atomic mass is 10.0. The molecule has 0 fully saturated rings. The lowest BCUT2D eigenvalue weighted by Crippen LogP contribution is -2.35. The Kier molecular flexibility index (Phi) is 6.98. The zero-order valence-electron chi connectivity index (χ0n) is 16.0. The number of nitro groups is 1. The van der Waals surface area contributed by atoms with Crippen LogP contribution in [0.25, 0.3) is 0 Å². The van der Waals surface area contributed by atoms with Crippen LogP contribution in [0.3, 0.4) is 0 Å². The van der Waals surface area contributed by atoms with Crippen molar-refractivity contribution in [2.75, 3.05) is 5.43 Å². The largest absolute Gasteiger partial charge is 0.416 e. The molecule has 0 bridgehead atoms. The summed E-state index contributed by atoms with van der Waals surface area (Å²) in [7, 11) is 0. The highest BCUT2D eigenvalue weighted by Crippen LogP contribution is 2.34. The van der Waals surface area contributed by atoms with E-state index in [2.05, 4.69) is 16.2 Å². The van der Waals surface area contributed by atoms with E-state index in [-0.39, 0.29) is 18.0 Å². The second-order valence-corrected chi connectivity index (χ2v) is 6.53. The summed E-state index contributed by atoms with van der Waals surface area (Å²) in [5, 5.41) is 13.7. The Morgan fingerprint density at radius 1 is 1.13 bits per heavy atom. The molecule has 160 valence electrons. The number of amides is 2. The lowest BCUT2D eigenvalue weighted by molar-refractivity contribution is -0.384. The number of hydrogen-bond donors (Lipinski definition) is 3. The van der Waals surface area contributed by atoms with Crippen molar-refractivity contribution >= 4 is 23.2 Å². The van der Waals surface area contributed by atoms with Crippen LogP contribution in [-0.4, -0.2) is 16.7 Å². The Balaban J connectivity index is 2.12. The Morgan fingerprint density at radius 3 is 2.30 bits per heavy atom. The molecular formula is C19H19F3N4O4. The minimum absolute atomic E-state index is 0.204. The van der Waals surface area contributed by atoms with Crippen molar-refractivity contribution < 1.29 is 27.7 Å². The Hall–Kier alpha value is -3.63. The van der Waals surface area contributed by atoms with Gasteiger partial charge in [0.1, 0.15) is 5.69 Å². The molecule has 2 rings (SSSR count). The van der Waals surface area contributed by atoms with Gasteiger partial charge in [-0.15, -0.1) is 0 Å². The van der Waals surface area contributed by atoms with E-state index in [1.54, 1.807) is 12.1 Å². The summed E-state index contributed by atoms with van der Waals surface area (Å²) in [6, 6.07) is 8.35. The highest BCUT2D eigenvalue weighted by Gasteiger charge is 2.33.